The van der Waals surface area contributed by atoms with Gasteiger partial charge in [0.05, 0.1) is 18.7 Å². The van der Waals surface area contributed by atoms with E-state index in [1.807, 2.05) is 43.3 Å². The van der Waals surface area contributed by atoms with E-state index in [2.05, 4.69) is 15.9 Å². The molecule has 2 aromatic rings. The van der Waals surface area contributed by atoms with Crippen molar-refractivity contribution in [2.24, 2.45) is 0 Å². The second-order valence-corrected chi connectivity index (χ2v) is 7.99. The van der Waals surface area contributed by atoms with Crippen LogP contribution in [0.5, 0.6) is 5.75 Å². The van der Waals surface area contributed by atoms with Gasteiger partial charge in [-0.05, 0) is 56.1 Å². The Bertz CT molecular complexity index is 936. The van der Waals surface area contributed by atoms with Gasteiger partial charge in [-0.1, -0.05) is 28.1 Å². The predicted molar refractivity (Wildman–Crippen MR) is 115 cm³/mol. The molecule has 1 saturated heterocycles. The predicted octanol–water partition coefficient (Wildman–Crippen LogP) is 3.44. The van der Waals surface area contributed by atoms with E-state index in [-0.39, 0.29) is 11.3 Å². The fourth-order valence-corrected chi connectivity index (χ4v) is 3.58. The van der Waals surface area contributed by atoms with E-state index < -0.39 is 17.7 Å². The number of halogens is 1. The third kappa shape index (κ3) is 4.36. The number of carbonyl (C=O) groups excluding carboxylic acids is 2. The van der Waals surface area contributed by atoms with Gasteiger partial charge in [0.25, 0.3) is 11.7 Å². The normalized spacial score (nSPS) is 18.5. The van der Waals surface area contributed by atoms with Crippen molar-refractivity contribution in [3.8, 4) is 5.75 Å². The van der Waals surface area contributed by atoms with E-state index in [9.17, 15) is 14.7 Å². The van der Waals surface area contributed by atoms with Crippen molar-refractivity contribution in [2.75, 3.05) is 34.3 Å². The zero-order valence-corrected chi connectivity index (χ0v) is 18.1. The lowest BCUT2D eigenvalue weighted by Gasteiger charge is -2.26. The standard InChI is InChI=1S/C22H23BrN2O4/c1-24(2)12-13-25-19(14-4-8-16(23)9-5-14)18(21(27)22(25)28)20(26)15-6-10-17(29-3)11-7-15/h4-11,19,26H,12-13H2,1-3H3/t19-/m1/s1. The molecule has 0 radical (unpaired) electrons. The van der Waals surface area contributed by atoms with Gasteiger partial charge in [-0.2, -0.15) is 0 Å². The summed E-state index contributed by atoms with van der Waals surface area (Å²) in [5.41, 5.74) is 1.32. The minimum absolute atomic E-state index is 0.0984. The van der Waals surface area contributed by atoms with Gasteiger partial charge in [0, 0.05) is 23.1 Å². The Balaban J connectivity index is 2.11. The van der Waals surface area contributed by atoms with E-state index in [0.29, 0.717) is 24.4 Å². The number of carbonyl (C=O) groups is 2. The van der Waals surface area contributed by atoms with Crippen LogP contribution in [-0.4, -0.2) is 60.9 Å². The SMILES string of the molecule is COc1ccc(C(O)=C2C(=O)C(=O)N(CCN(C)C)[C@@H]2c2ccc(Br)cc2)cc1. The maximum Gasteiger partial charge on any atom is 0.295 e. The summed E-state index contributed by atoms with van der Waals surface area (Å²) in [7, 11) is 5.36. The zero-order valence-electron chi connectivity index (χ0n) is 16.6. The van der Waals surface area contributed by atoms with Crippen molar-refractivity contribution in [2.45, 2.75) is 6.04 Å². The monoisotopic (exact) mass is 458 g/mol. The van der Waals surface area contributed by atoms with E-state index in [1.165, 1.54) is 4.90 Å². The van der Waals surface area contributed by atoms with Crippen molar-refractivity contribution in [1.82, 2.24) is 9.80 Å². The molecule has 29 heavy (non-hydrogen) atoms. The first-order valence-electron chi connectivity index (χ1n) is 9.16. The highest BCUT2D eigenvalue weighted by atomic mass is 79.9. The summed E-state index contributed by atoms with van der Waals surface area (Å²) >= 11 is 3.41. The number of likely N-dealkylation sites (N-methyl/N-ethyl adjacent to an activating group) is 1. The largest absolute Gasteiger partial charge is 0.507 e. The Morgan fingerprint density at radius 2 is 1.72 bits per heavy atom. The summed E-state index contributed by atoms with van der Waals surface area (Å²) in [4.78, 5) is 29.2. The number of nitrogens with zero attached hydrogens (tertiary/aromatic N) is 2. The first-order valence-corrected chi connectivity index (χ1v) is 9.95. The van der Waals surface area contributed by atoms with Crippen molar-refractivity contribution < 1.29 is 19.4 Å². The Kier molecular flexibility index (Phi) is 6.39. The van der Waals surface area contributed by atoms with Gasteiger partial charge in [0.15, 0.2) is 0 Å². The molecule has 2 aromatic carbocycles. The highest BCUT2D eigenvalue weighted by molar-refractivity contribution is 9.10. The maximum absolute atomic E-state index is 12.9. The molecule has 152 valence electrons. The zero-order chi connectivity index (χ0) is 21.1. The van der Waals surface area contributed by atoms with Crippen LogP contribution in [0.25, 0.3) is 5.76 Å². The molecule has 0 saturated carbocycles. The molecular weight excluding hydrogens is 436 g/mol. The van der Waals surface area contributed by atoms with Crippen LogP contribution in [-0.2, 0) is 9.59 Å². The number of ketones is 1. The summed E-state index contributed by atoms with van der Waals surface area (Å²) in [6, 6.07) is 13.5. The Hall–Kier alpha value is -2.64. The molecule has 6 nitrogen and oxygen atoms in total. The van der Waals surface area contributed by atoms with Crippen LogP contribution in [0.3, 0.4) is 0 Å². The quantitative estimate of drug-likeness (QED) is 0.407. The average molecular weight is 459 g/mol. The minimum Gasteiger partial charge on any atom is -0.507 e. The molecule has 1 N–H and O–H groups in total. The van der Waals surface area contributed by atoms with Crippen molar-refractivity contribution in [1.29, 1.82) is 0 Å². The maximum atomic E-state index is 12.9. The Labute approximate surface area is 178 Å². The second kappa shape index (κ2) is 8.80. The first-order chi connectivity index (χ1) is 13.8. The number of aliphatic hydroxyl groups is 1. The number of hydrogen-bond donors (Lipinski definition) is 1. The molecule has 1 amide bonds. The number of aliphatic hydroxyl groups excluding tert-OH is 1. The lowest BCUT2D eigenvalue weighted by Crippen LogP contribution is -2.35. The highest BCUT2D eigenvalue weighted by Gasteiger charge is 2.45. The second-order valence-electron chi connectivity index (χ2n) is 7.08. The summed E-state index contributed by atoms with van der Waals surface area (Å²) in [6.45, 7) is 0.973. The van der Waals surface area contributed by atoms with Gasteiger partial charge in [-0.3, -0.25) is 9.59 Å². The molecule has 0 spiro atoms. The molecule has 3 rings (SSSR count). The molecule has 0 aromatic heterocycles. The molecule has 0 bridgehead atoms. The molecule has 1 fully saturated rings. The van der Waals surface area contributed by atoms with E-state index in [0.717, 1.165) is 10.0 Å². The molecular formula is C22H23BrN2O4. The van der Waals surface area contributed by atoms with Crippen LogP contribution in [0, 0.1) is 0 Å². The number of benzene rings is 2. The molecule has 1 aliphatic rings. The number of ether oxygens (including phenoxy) is 1. The number of amides is 1. The van der Waals surface area contributed by atoms with Gasteiger partial charge in [0.2, 0.25) is 0 Å². The minimum atomic E-state index is -0.676. The lowest BCUT2D eigenvalue weighted by molar-refractivity contribution is -0.140. The first kappa shape index (κ1) is 21.1. The van der Waals surface area contributed by atoms with Crippen molar-refractivity contribution >= 4 is 33.4 Å². The molecule has 0 unspecified atom stereocenters. The van der Waals surface area contributed by atoms with Crippen LogP contribution in [0.1, 0.15) is 17.2 Å². The van der Waals surface area contributed by atoms with Crippen LogP contribution in [0.15, 0.2) is 58.6 Å². The topological polar surface area (TPSA) is 70.1 Å². The highest BCUT2D eigenvalue weighted by Crippen LogP contribution is 2.39. The van der Waals surface area contributed by atoms with Gasteiger partial charge in [0.1, 0.15) is 11.5 Å². The summed E-state index contributed by atoms with van der Waals surface area (Å²) in [5.74, 6) is -0.830. The average Bonchev–Trinajstić information content (AvgIpc) is 2.97. The lowest BCUT2D eigenvalue weighted by atomic mass is 9.95. The molecule has 1 heterocycles. The Morgan fingerprint density at radius 3 is 2.28 bits per heavy atom. The van der Waals surface area contributed by atoms with E-state index >= 15 is 0 Å². The molecule has 7 heteroatoms. The molecule has 1 atom stereocenters. The van der Waals surface area contributed by atoms with Crippen molar-refractivity contribution in [3.63, 3.8) is 0 Å². The summed E-state index contributed by atoms with van der Waals surface area (Å²) in [5, 5.41) is 11.0. The van der Waals surface area contributed by atoms with Gasteiger partial charge in [-0.25, -0.2) is 0 Å². The van der Waals surface area contributed by atoms with Crippen molar-refractivity contribution in [3.05, 3.63) is 69.7 Å². The van der Waals surface area contributed by atoms with Crippen LogP contribution in [0.2, 0.25) is 0 Å². The summed E-state index contributed by atoms with van der Waals surface area (Å²) < 4.78 is 6.04. The third-order valence-corrected chi connectivity index (χ3v) is 5.41. The van der Waals surface area contributed by atoms with Crippen LogP contribution >= 0.6 is 15.9 Å². The fraction of sp³-hybridized carbons (Fsp3) is 0.273. The molecule has 1 aliphatic heterocycles. The van der Waals surface area contributed by atoms with E-state index in [4.69, 9.17) is 4.74 Å². The number of likely N-dealkylation sites (tertiary alicyclic amines) is 1. The summed E-state index contributed by atoms with van der Waals surface area (Å²) in [6.07, 6.45) is 0. The molecule has 0 aliphatic carbocycles. The smallest absolute Gasteiger partial charge is 0.295 e. The van der Waals surface area contributed by atoms with E-state index in [1.54, 1.807) is 31.4 Å². The number of hydrogen-bond acceptors (Lipinski definition) is 5. The fourth-order valence-electron chi connectivity index (χ4n) is 3.31. The van der Waals surface area contributed by atoms with Crippen LogP contribution in [0.4, 0.5) is 0 Å². The third-order valence-electron chi connectivity index (χ3n) is 4.88. The number of rotatable bonds is 6. The van der Waals surface area contributed by atoms with Gasteiger partial charge >= 0.3 is 0 Å². The van der Waals surface area contributed by atoms with Gasteiger partial charge < -0.3 is 19.6 Å². The number of Topliss-reactive ketones (excluding diaryl/α,β-unsaturated/α-hetero) is 1. The van der Waals surface area contributed by atoms with Crippen LogP contribution < -0.4 is 4.74 Å². The Morgan fingerprint density at radius 1 is 1.10 bits per heavy atom. The number of methoxy groups -OCH3 is 1. The van der Waals surface area contributed by atoms with Gasteiger partial charge in [-0.15, -0.1) is 0 Å².